The molecule has 126 valence electrons. The molecule has 3 atom stereocenters. The van der Waals surface area contributed by atoms with Gasteiger partial charge in [-0.15, -0.1) is 0 Å². The van der Waals surface area contributed by atoms with Gasteiger partial charge in [0, 0.05) is 38.8 Å². The minimum absolute atomic E-state index is 0.0579. The van der Waals surface area contributed by atoms with Crippen molar-refractivity contribution < 1.29 is 4.74 Å². The van der Waals surface area contributed by atoms with E-state index in [0.29, 0.717) is 0 Å². The fraction of sp³-hybridized carbons (Fsp3) is 0.444. The molecule has 2 aliphatic heterocycles. The smallest absolute Gasteiger partial charge is 0.170 e. The molecule has 2 aromatic heterocycles. The average Bonchev–Trinajstić information content (AvgIpc) is 3.31. The summed E-state index contributed by atoms with van der Waals surface area (Å²) in [5, 5.41) is 4.27. The van der Waals surface area contributed by atoms with Crippen LogP contribution in [0.3, 0.4) is 0 Å². The molecule has 0 amide bonds. The lowest BCUT2D eigenvalue weighted by molar-refractivity contribution is 0.0842. The van der Waals surface area contributed by atoms with Crippen molar-refractivity contribution in [2.75, 3.05) is 13.2 Å². The van der Waals surface area contributed by atoms with Gasteiger partial charge >= 0.3 is 0 Å². The highest BCUT2D eigenvalue weighted by Gasteiger charge is 2.41. The number of rotatable bonds is 4. The van der Waals surface area contributed by atoms with Gasteiger partial charge in [0.15, 0.2) is 5.11 Å². The summed E-state index contributed by atoms with van der Waals surface area (Å²) in [6, 6.07) is 8.39. The van der Waals surface area contributed by atoms with Crippen LogP contribution in [0.25, 0.3) is 0 Å². The van der Waals surface area contributed by atoms with E-state index in [1.54, 1.807) is 0 Å². The zero-order valence-corrected chi connectivity index (χ0v) is 14.6. The molecule has 6 heteroatoms. The summed E-state index contributed by atoms with van der Waals surface area (Å²) in [6.45, 7) is 1.69. The van der Waals surface area contributed by atoms with E-state index in [4.69, 9.17) is 17.0 Å². The molecule has 0 bridgehead atoms. The largest absolute Gasteiger partial charge is 0.376 e. The fourth-order valence-corrected chi connectivity index (χ4v) is 3.99. The second kappa shape index (κ2) is 6.53. The lowest BCUT2D eigenvalue weighted by Gasteiger charge is -2.29. The van der Waals surface area contributed by atoms with Crippen molar-refractivity contribution in [3.05, 3.63) is 54.1 Å². The van der Waals surface area contributed by atoms with E-state index in [1.807, 2.05) is 25.4 Å². The predicted molar refractivity (Wildman–Crippen MR) is 96.5 cm³/mol. The summed E-state index contributed by atoms with van der Waals surface area (Å²) in [4.78, 5) is 6.83. The van der Waals surface area contributed by atoms with Gasteiger partial charge in [0.05, 0.1) is 23.9 Å². The normalized spacial score (nSPS) is 26.8. The van der Waals surface area contributed by atoms with Gasteiger partial charge in [0.2, 0.25) is 0 Å². The third kappa shape index (κ3) is 2.91. The number of aryl methyl sites for hydroxylation is 1. The van der Waals surface area contributed by atoms with Gasteiger partial charge in [-0.1, -0.05) is 6.07 Å². The van der Waals surface area contributed by atoms with Crippen molar-refractivity contribution >= 4 is 17.3 Å². The number of ether oxygens (including phenoxy) is 1. The molecule has 0 aromatic carbocycles. The van der Waals surface area contributed by atoms with E-state index in [0.717, 1.165) is 36.8 Å². The molecule has 0 unspecified atom stereocenters. The highest BCUT2D eigenvalue weighted by Crippen LogP contribution is 2.39. The van der Waals surface area contributed by atoms with Crippen LogP contribution in [-0.2, 0) is 11.8 Å². The minimum atomic E-state index is 0.0579. The summed E-state index contributed by atoms with van der Waals surface area (Å²) >= 11 is 5.66. The second-order valence-electron chi connectivity index (χ2n) is 6.52. The lowest BCUT2D eigenvalue weighted by Crippen LogP contribution is -2.36. The Labute approximate surface area is 147 Å². The topological polar surface area (TPSA) is 42.3 Å². The maximum atomic E-state index is 5.84. The number of hydrogen-bond acceptors (Lipinski definition) is 3. The third-order valence-corrected chi connectivity index (χ3v) is 5.17. The van der Waals surface area contributed by atoms with Gasteiger partial charge < -0.3 is 19.5 Å². The van der Waals surface area contributed by atoms with Crippen LogP contribution in [0.5, 0.6) is 0 Å². The molecule has 5 nitrogen and oxygen atoms in total. The Balaban J connectivity index is 1.67. The van der Waals surface area contributed by atoms with Crippen molar-refractivity contribution in [2.45, 2.75) is 31.0 Å². The average molecular weight is 342 g/mol. The molecule has 2 fully saturated rings. The zero-order chi connectivity index (χ0) is 16.5. The molecule has 0 saturated carbocycles. The van der Waals surface area contributed by atoms with Crippen molar-refractivity contribution in [2.24, 2.45) is 7.05 Å². The Hall–Kier alpha value is -1.92. The quantitative estimate of drug-likeness (QED) is 0.865. The van der Waals surface area contributed by atoms with Crippen LogP contribution in [0.2, 0.25) is 0 Å². The molecular weight excluding hydrogens is 320 g/mol. The van der Waals surface area contributed by atoms with Gasteiger partial charge in [-0.05, 0) is 48.8 Å². The molecule has 0 spiro atoms. The van der Waals surface area contributed by atoms with Gasteiger partial charge in [-0.25, -0.2) is 0 Å². The van der Waals surface area contributed by atoms with Gasteiger partial charge in [-0.2, -0.15) is 0 Å². The minimum Gasteiger partial charge on any atom is -0.376 e. The Bertz CT molecular complexity index is 711. The summed E-state index contributed by atoms with van der Waals surface area (Å²) in [5.74, 6) is 0. The van der Waals surface area contributed by atoms with Gasteiger partial charge in [-0.3, -0.25) is 4.98 Å². The van der Waals surface area contributed by atoms with E-state index in [-0.39, 0.29) is 18.2 Å². The standard InChI is InChI=1S/C18H22N4OS/c1-21-9-7-13(11-21)17-16(15-6-2-3-8-19-15)20-18(24)22(17)12-14-5-4-10-23-14/h2-3,6-9,11,14,16-17H,4-5,10,12H2,1H3,(H,20,24)/t14-,16-,17-/m1/s1. The van der Waals surface area contributed by atoms with E-state index in [9.17, 15) is 0 Å². The van der Waals surface area contributed by atoms with Crippen LogP contribution in [-0.4, -0.2) is 38.8 Å². The third-order valence-electron chi connectivity index (χ3n) is 4.82. The zero-order valence-electron chi connectivity index (χ0n) is 13.8. The summed E-state index contributed by atoms with van der Waals surface area (Å²) < 4.78 is 7.92. The molecule has 4 rings (SSSR count). The molecule has 2 aromatic rings. The molecule has 4 heterocycles. The lowest BCUT2D eigenvalue weighted by atomic mass is 9.99. The Morgan fingerprint density at radius 2 is 2.29 bits per heavy atom. The highest BCUT2D eigenvalue weighted by molar-refractivity contribution is 7.80. The van der Waals surface area contributed by atoms with Crippen LogP contribution >= 0.6 is 12.2 Å². The maximum Gasteiger partial charge on any atom is 0.170 e. The Morgan fingerprint density at radius 1 is 1.38 bits per heavy atom. The van der Waals surface area contributed by atoms with Crippen molar-refractivity contribution in [3.8, 4) is 0 Å². The van der Waals surface area contributed by atoms with Crippen LogP contribution in [0.4, 0.5) is 0 Å². The van der Waals surface area contributed by atoms with E-state index < -0.39 is 0 Å². The number of nitrogens with zero attached hydrogens (tertiary/aromatic N) is 3. The first-order valence-corrected chi connectivity index (χ1v) is 8.85. The fourth-order valence-electron chi connectivity index (χ4n) is 3.67. The molecule has 2 saturated heterocycles. The Kier molecular flexibility index (Phi) is 4.24. The highest BCUT2D eigenvalue weighted by atomic mass is 32.1. The van der Waals surface area contributed by atoms with Crippen molar-refractivity contribution in [3.63, 3.8) is 0 Å². The van der Waals surface area contributed by atoms with Gasteiger partial charge in [0.1, 0.15) is 0 Å². The molecule has 0 radical (unpaired) electrons. The maximum absolute atomic E-state index is 5.84. The first-order chi connectivity index (χ1) is 11.7. The SMILES string of the molecule is Cn1ccc([C@@H]2[C@@H](c3ccccn3)NC(=S)N2C[C@H]2CCCO2)c1. The van der Waals surface area contributed by atoms with E-state index in [1.165, 1.54) is 5.56 Å². The first-order valence-electron chi connectivity index (χ1n) is 8.44. The molecule has 1 N–H and O–H groups in total. The molecule has 0 aliphatic carbocycles. The van der Waals surface area contributed by atoms with E-state index >= 15 is 0 Å². The number of nitrogens with one attached hydrogen (secondary N) is 1. The predicted octanol–water partition coefficient (Wildman–Crippen LogP) is 2.57. The first kappa shape index (κ1) is 15.6. The summed E-state index contributed by atoms with van der Waals surface area (Å²) in [7, 11) is 2.05. The Morgan fingerprint density at radius 3 is 2.96 bits per heavy atom. The molecule has 24 heavy (non-hydrogen) atoms. The van der Waals surface area contributed by atoms with Gasteiger partial charge in [0.25, 0.3) is 0 Å². The van der Waals surface area contributed by atoms with Crippen molar-refractivity contribution in [1.29, 1.82) is 0 Å². The summed E-state index contributed by atoms with van der Waals surface area (Å²) in [6.07, 6.45) is 8.59. The number of thiocarbonyl (C=S) groups is 1. The number of aromatic nitrogens is 2. The molecule has 2 aliphatic rings. The summed E-state index contributed by atoms with van der Waals surface area (Å²) in [5.41, 5.74) is 2.27. The van der Waals surface area contributed by atoms with Crippen molar-refractivity contribution in [1.82, 2.24) is 19.8 Å². The van der Waals surface area contributed by atoms with E-state index in [2.05, 4.69) is 44.3 Å². The van der Waals surface area contributed by atoms with Crippen LogP contribution in [0.15, 0.2) is 42.9 Å². The van der Waals surface area contributed by atoms with Crippen LogP contribution in [0.1, 0.15) is 36.2 Å². The molecular formula is C18H22N4OS. The van der Waals surface area contributed by atoms with Crippen LogP contribution < -0.4 is 5.32 Å². The van der Waals surface area contributed by atoms with Crippen LogP contribution in [0, 0.1) is 0 Å². The number of pyridine rings is 1. The monoisotopic (exact) mass is 342 g/mol. The number of hydrogen-bond donors (Lipinski definition) is 1. The second-order valence-corrected chi connectivity index (χ2v) is 6.91.